The number of carbonyl (C=O) groups excluding carboxylic acids is 2. The third kappa shape index (κ3) is 2.26. The van der Waals surface area contributed by atoms with Gasteiger partial charge in [0.25, 0.3) is 0 Å². The molecule has 1 spiro atoms. The third-order valence-corrected chi connectivity index (χ3v) is 5.62. The van der Waals surface area contributed by atoms with Crippen molar-refractivity contribution in [1.29, 1.82) is 0 Å². The summed E-state index contributed by atoms with van der Waals surface area (Å²) in [4.78, 5) is 25.5. The van der Waals surface area contributed by atoms with Gasteiger partial charge in [-0.2, -0.15) is 0 Å². The summed E-state index contributed by atoms with van der Waals surface area (Å²) in [7, 11) is 0. The van der Waals surface area contributed by atoms with Gasteiger partial charge in [0.2, 0.25) is 5.91 Å². The zero-order valence-electron chi connectivity index (χ0n) is 13.9. The number of hydrogen-bond acceptors (Lipinski definition) is 2. The molecular weight excluding hydrogens is 334 g/mol. The Kier molecular flexibility index (Phi) is 3.58. The Bertz CT molecular complexity index is 933. The Morgan fingerprint density at radius 3 is 2.76 bits per heavy atom. The van der Waals surface area contributed by atoms with E-state index in [0.29, 0.717) is 22.7 Å². The number of Topliss-reactive ketones (excluding diaryl/α,β-unsaturated/α-hetero) is 1. The van der Waals surface area contributed by atoms with E-state index >= 15 is 0 Å². The second kappa shape index (κ2) is 5.57. The summed E-state index contributed by atoms with van der Waals surface area (Å²) in [6, 6.07) is 13.5. The number of fused-ring (bicyclic) bond motifs is 2. The van der Waals surface area contributed by atoms with E-state index in [-0.39, 0.29) is 24.0 Å². The van der Waals surface area contributed by atoms with E-state index in [1.807, 2.05) is 31.2 Å². The molecule has 1 fully saturated rings. The first-order valence-electron chi connectivity index (χ1n) is 8.31. The van der Waals surface area contributed by atoms with Gasteiger partial charge < -0.3 is 5.32 Å². The number of rotatable bonds is 1. The van der Waals surface area contributed by atoms with Gasteiger partial charge in [0.05, 0.1) is 0 Å². The Balaban J connectivity index is 1.98. The van der Waals surface area contributed by atoms with Gasteiger partial charge in [-0.05, 0) is 35.8 Å². The second-order valence-corrected chi connectivity index (χ2v) is 7.38. The van der Waals surface area contributed by atoms with Crippen molar-refractivity contribution in [3.63, 3.8) is 0 Å². The molecule has 25 heavy (non-hydrogen) atoms. The van der Waals surface area contributed by atoms with Crippen LogP contribution in [0.5, 0.6) is 0 Å². The molecule has 0 unspecified atom stereocenters. The van der Waals surface area contributed by atoms with Gasteiger partial charge in [-0.1, -0.05) is 54.1 Å². The minimum absolute atomic E-state index is 0.117. The lowest BCUT2D eigenvalue weighted by Gasteiger charge is -2.41. The van der Waals surface area contributed by atoms with Crippen LogP contribution in [0.15, 0.2) is 54.6 Å². The summed E-state index contributed by atoms with van der Waals surface area (Å²) < 4.78 is 0. The minimum Gasteiger partial charge on any atom is -0.325 e. The molecule has 0 saturated heterocycles. The number of aryl methyl sites for hydroxylation is 1. The summed E-state index contributed by atoms with van der Waals surface area (Å²) in [6.45, 7) is 6.17. The van der Waals surface area contributed by atoms with E-state index < -0.39 is 5.41 Å². The normalized spacial score (nSPS) is 25.2. The zero-order valence-corrected chi connectivity index (χ0v) is 14.7. The summed E-state index contributed by atoms with van der Waals surface area (Å²) in [6.07, 6.45) is 0.565. The van der Waals surface area contributed by atoms with Crippen LogP contribution in [0, 0.1) is 6.92 Å². The molecule has 4 heteroatoms. The maximum absolute atomic E-state index is 13.2. The number of anilines is 1. The van der Waals surface area contributed by atoms with Gasteiger partial charge in [-0.25, -0.2) is 0 Å². The Morgan fingerprint density at radius 2 is 2.00 bits per heavy atom. The number of amides is 1. The van der Waals surface area contributed by atoms with Crippen LogP contribution in [0.1, 0.15) is 35.4 Å². The molecule has 2 aromatic carbocycles. The molecule has 126 valence electrons. The van der Waals surface area contributed by atoms with Crippen LogP contribution in [0.25, 0.3) is 0 Å². The first-order valence-corrected chi connectivity index (χ1v) is 8.68. The molecular formula is C21H18ClNO2. The largest absolute Gasteiger partial charge is 0.325 e. The highest BCUT2D eigenvalue weighted by atomic mass is 35.5. The van der Waals surface area contributed by atoms with Crippen LogP contribution < -0.4 is 5.32 Å². The number of benzene rings is 2. The monoisotopic (exact) mass is 351 g/mol. The average Bonchev–Trinajstić information content (AvgIpc) is 2.83. The van der Waals surface area contributed by atoms with E-state index in [2.05, 4.69) is 18.0 Å². The van der Waals surface area contributed by atoms with Crippen molar-refractivity contribution in [1.82, 2.24) is 0 Å². The van der Waals surface area contributed by atoms with E-state index in [0.717, 1.165) is 16.7 Å². The Labute approximate surface area is 151 Å². The molecule has 1 saturated carbocycles. The van der Waals surface area contributed by atoms with Gasteiger partial charge in [0, 0.05) is 29.5 Å². The van der Waals surface area contributed by atoms with Crippen LogP contribution in [-0.2, 0) is 15.0 Å². The molecule has 4 rings (SSSR count). The molecule has 0 radical (unpaired) electrons. The summed E-state index contributed by atoms with van der Waals surface area (Å²) in [5.41, 5.74) is 3.42. The number of hydrogen-bond donors (Lipinski definition) is 1. The Hall–Kier alpha value is -2.39. The predicted molar refractivity (Wildman–Crippen MR) is 99.1 cm³/mol. The van der Waals surface area contributed by atoms with Crippen LogP contribution in [0.2, 0.25) is 5.02 Å². The van der Waals surface area contributed by atoms with Gasteiger partial charge in [0.1, 0.15) is 11.2 Å². The van der Waals surface area contributed by atoms with Crippen molar-refractivity contribution >= 4 is 29.0 Å². The fraction of sp³-hybridized carbons (Fsp3) is 0.238. The molecule has 0 aromatic heterocycles. The SMILES string of the molecule is C=C1CC(=O)C[C@@H](c2cccc(C)c2)[C@]12C(=O)Nc1cc(Cl)ccc12. The topological polar surface area (TPSA) is 46.2 Å². The van der Waals surface area contributed by atoms with E-state index in [9.17, 15) is 9.59 Å². The first-order chi connectivity index (χ1) is 11.9. The molecule has 2 aromatic rings. The van der Waals surface area contributed by atoms with Gasteiger partial charge in [-0.3, -0.25) is 9.59 Å². The highest BCUT2D eigenvalue weighted by Crippen LogP contribution is 2.56. The highest BCUT2D eigenvalue weighted by Gasteiger charge is 2.57. The van der Waals surface area contributed by atoms with Crippen molar-refractivity contribution in [3.8, 4) is 0 Å². The number of nitrogens with one attached hydrogen (secondary N) is 1. The lowest BCUT2D eigenvalue weighted by atomic mass is 9.58. The molecule has 2 atom stereocenters. The quantitative estimate of drug-likeness (QED) is 0.766. The second-order valence-electron chi connectivity index (χ2n) is 6.94. The van der Waals surface area contributed by atoms with Crippen molar-refractivity contribution in [2.75, 3.05) is 5.32 Å². The zero-order chi connectivity index (χ0) is 17.8. The lowest BCUT2D eigenvalue weighted by Crippen LogP contribution is -2.46. The van der Waals surface area contributed by atoms with Crippen molar-refractivity contribution in [3.05, 3.63) is 76.3 Å². The number of carbonyl (C=O) groups is 2. The maximum Gasteiger partial charge on any atom is 0.239 e. The summed E-state index contributed by atoms with van der Waals surface area (Å²) in [5, 5.41) is 3.53. The van der Waals surface area contributed by atoms with E-state index in [4.69, 9.17) is 11.6 Å². The maximum atomic E-state index is 13.2. The van der Waals surface area contributed by atoms with Crippen LogP contribution >= 0.6 is 11.6 Å². The fourth-order valence-corrected chi connectivity index (χ4v) is 4.51. The van der Waals surface area contributed by atoms with Crippen LogP contribution in [0.4, 0.5) is 5.69 Å². The van der Waals surface area contributed by atoms with Gasteiger partial charge in [0.15, 0.2) is 0 Å². The standard InChI is InChI=1S/C21H18ClNO2/c1-12-4-3-5-14(8-12)18-11-16(24)9-13(2)21(18)17-7-6-15(22)10-19(17)23-20(21)25/h3-8,10,18H,2,9,11H2,1H3,(H,23,25)/t18-,21-/m0/s1. The smallest absolute Gasteiger partial charge is 0.239 e. The average molecular weight is 352 g/mol. The first kappa shape index (κ1) is 16.1. The Morgan fingerprint density at radius 1 is 1.20 bits per heavy atom. The summed E-state index contributed by atoms with van der Waals surface area (Å²) >= 11 is 6.10. The summed E-state index contributed by atoms with van der Waals surface area (Å²) in [5.74, 6) is -0.255. The van der Waals surface area contributed by atoms with Crippen molar-refractivity contribution in [2.24, 2.45) is 0 Å². The molecule has 2 aliphatic rings. The van der Waals surface area contributed by atoms with Crippen LogP contribution in [0.3, 0.4) is 0 Å². The van der Waals surface area contributed by atoms with Crippen LogP contribution in [-0.4, -0.2) is 11.7 Å². The third-order valence-electron chi connectivity index (χ3n) is 5.38. The molecule has 1 aliphatic heterocycles. The lowest BCUT2D eigenvalue weighted by molar-refractivity contribution is -0.124. The van der Waals surface area contributed by atoms with E-state index in [1.54, 1.807) is 12.1 Å². The number of halogens is 1. The molecule has 0 bridgehead atoms. The van der Waals surface area contributed by atoms with Gasteiger partial charge >= 0.3 is 0 Å². The molecule has 1 N–H and O–H groups in total. The fourth-order valence-electron chi connectivity index (χ4n) is 4.34. The van der Waals surface area contributed by atoms with E-state index in [1.165, 1.54) is 0 Å². The number of ketones is 1. The highest BCUT2D eigenvalue weighted by molar-refractivity contribution is 6.31. The molecule has 1 heterocycles. The molecule has 3 nitrogen and oxygen atoms in total. The van der Waals surface area contributed by atoms with Gasteiger partial charge in [-0.15, -0.1) is 0 Å². The van der Waals surface area contributed by atoms with Crippen molar-refractivity contribution in [2.45, 2.75) is 31.1 Å². The molecule has 1 aliphatic carbocycles. The predicted octanol–water partition coefficient (Wildman–Crippen LogP) is 4.54. The van der Waals surface area contributed by atoms with Crippen molar-refractivity contribution < 1.29 is 9.59 Å². The molecule has 1 amide bonds. The minimum atomic E-state index is -0.915.